The lowest BCUT2D eigenvalue weighted by Crippen LogP contribution is -2.31. The highest BCUT2D eigenvalue weighted by Gasteiger charge is 2.43. The van der Waals surface area contributed by atoms with E-state index < -0.39 is 53.1 Å². The van der Waals surface area contributed by atoms with E-state index >= 15 is 0 Å². The Kier molecular flexibility index (Phi) is 8.37. The van der Waals surface area contributed by atoms with E-state index in [4.69, 9.17) is 9.47 Å². The zero-order chi connectivity index (χ0) is 30.4. The number of benzene rings is 3. The summed E-state index contributed by atoms with van der Waals surface area (Å²) in [5.74, 6) is -0.353. The fraction of sp³-hybridized carbons (Fsp3) is 0.345. The van der Waals surface area contributed by atoms with Crippen molar-refractivity contribution in [3.05, 3.63) is 86.6 Å². The van der Waals surface area contributed by atoms with Crippen LogP contribution in [0.2, 0.25) is 0 Å². The van der Waals surface area contributed by atoms with E-state index in [1.807, 2.05) is 13.8 Å². The number of hydrogen-bond donors (Lipinski definition) is 0. The van der Waals surface area contributed by atoms with Crippen LogP contribution in [0.25, 0.3) is 11.1 Å². The van der Waals surface area contributed by atoms with E-state index in [9.17, 15) is 35.5 Å². The third-order valence-electron chi connectivity index (χ3n) is 6.97. The number of alkyl halides is 6. The van der Waals surface area contributed by atoms with Crippen molar-refractivity contribution in [2.75, 3.05) is 7.11 Å². The molecule has 0 aliphatic carbocycles. The smallest absolute Gasteiger partial charge is 0.416 e. The first kappa shape index (κ1) is 30.7. The summed E-state index contributed by atoms with van der Waals surface area (Å²) in [5, 5.41) is 0. The Morgan fingerprint density at radius 2 is 1.56 bits per heavy atom. The van der Waals surface area contributed by atoms with Crippen molar-refractivity contribution in [3.8, 4) is 16.9 Å². The molecule has 1 amide bonds. The summed E-state index contributed by atoms with van der Waals surface area (Å²) in [6.07, 6.45) is -12.4. The van der Waals surface area contributed by atoms with Gasteiger partial charge < -0.3 is 9.47 Å². The van der Waals surface area contributed by atoms with Gasteiger partial charge in [-0.1, -0.05) is 35.8 Å². The Balaban J connectivity index is 1.75. The van der Waals surface area contributed by atoms with Crippen LogP contribution in [0.1, 0.15) is 60.6 Å². The largest absolute Gasteiger partial charge is 0.496 e. The van der Waals surface area contributed by atoms with Gasteiger partial charge in [-0.15, -0.1) is 0 Å². The molecule has 1 aliphatic rings. The number of nitrogens with zero attached hydrogens (tertiary/aromatic N) is 1. The van der Waals surface area contributed by atoms with Crippen molar-refractivity contribution in [2.24, 2.45) is 0 Å². The number of amides is 1. The van der Waals surface area contributed by atoms with Gasteiger partial charge in [-0.05, 0) is 71.5 Å². The summed E-state index contributed by atoms with van der Waals surface area (Å²) in [4.78, 5) is 14.2. The van der Waals surface area contributed by atoms with Crippen LogP contribution in [0.4, 0.5) is 35.5 Å². The fourth-order valence-electron chi connectivity index (χ4n) is 4.84. The number of halogens is 8. The number of methoxy groups -OCH3 is 1. The van der Waals surface area contributed by atoms with Crippen LogP contribution in [0.15, 0.2) is 53.0 Å². The normalized spacial score (nSPS) is 17.8. The quantitative estimate of drug-likeness (QED) is 0.250. The lowest BCUT2D eigenvalue weighted by molar-refractivity contribution is -0.143. The molecule has 0 radical (unpaired) electrons. The van der Waals surface area contributed by atoms with E-state index in [-0.39, 0.29) is 24.3 Å². The number of cyclic esters (lactones) is 1. The molecule has 1 aliphatic heterocycles. The van der Waals surface area contributed by atoms with Crippen molar-refractivity contribution < 1.29 is 45.0 Å². The second kappa shape index (κ2) is 11.2. The first-order valence-corrected chi connectivity index (χ1v) is 13.2. The summed E-state index contributed by atoms with van der Waals surface area (Å²) in [5.41, 5.74) is -1.28. The zero-order valence-corrected chi connectivity index (χ0v) is 23.8. The van der Waals surface area contributed by atoms with Crippen LogP contribution in [0, 0.1) is 5.82 Å². The van der Waals surface area contributed by atoms with Crippen LogP contribution < -0.4 is 4.74 Å². The summed E-state index contributed by atoms with van der Waals surface area (Å²) < 4.78 is 107. The average molecular weight is 648 g/mol. The molecule has 1 saturated heterocycles. The monoisotopic (exact) mass is 647 g/mol. The molecule has 4 nitrogen and oxygen atoms in total. The van der Waals surface area contributed by atoms with Gasteiger partial charge in [0.1, 0.15) is 17.7 Å². The van der Waals surface area contributed by atoms with E-state index in [2.05, 4.69) is 15.9 Å². The van der Waals surface area contributed by atoms with Gasteiger partial charge in [0, 0.05) is 16.1 Å². The van der Waals surface area contributed by atoms with Crippen LogP contribution in [0.3, 0.4) is 0 Å². The minimum atomic E-state index is -5.05. The molecule has 1 fully saturated rings. The number of ether oxygens (including phenoxy) is 2. The molecule has 12 heteroatoms. The SMILES string of the molecule is COc1cc(F)c(C(C)C)cc1-c1ccc(Br)cc1CN1C(=O)O[C@H](c2cc(C(F)(F)F)cc(C(F)(F)F)c2)[C@H]1C. The van der Waals surface area contributed by atoms with E-state index in [0.29, 0.717) is 38.9 Å². The number of hydrogen-bond acceptors (Lipinski definition) is 3. The minimum absolute atomic E-state index is 0.0258. The summed E-state index contributed by atoms with van der Waals surface area (Å²) in [6, 6.07) is 8.35. The van der Waals surface area contributed by atoms with Crippen molar-refractivity contribution in [2.45, 2.75) is 57.7 Å². The highest BCUT2D eigenvalue weighted by molar-refractivity contribution is 9.10. The van der Waals surface area contributed by atoms with Gasteiger partial charge in [0.25, 0.3) is 0 Å². The molecule has 1 heterocycles. The zero-order valence-electron chi connectivity index (χ0n) is 22.3. The second-order valence-corrected chi connectivity index (χ2v) is 11.0. The van der Waals surface area contributed by atoms with E-state index in [0.717, 1.165) is 0 Å². The van der Waals surface area contributed by atoms with Crippen LogP contribution in [-0.4, -0.2) is 24.1 Å². The number of carbonyl (C=O) groups excluding carboxylic acids is 1. The molecule has 3 aromatic carbocycles. The molecular formula is C29H25BrF7NO3. The predicted octanol–water partition coefficient (Wildman–Crippen LogP) is 9.51. The Morgan fingerprint density at radius 1 is 0.951 bits per heavy atom. The van der Waals surface area contributed by atoms with Crippen molar-refractivity contribution in [3.63, 3.8) is 0 Å². The molecule has 0 bridgehead atoms. The molecule has 0 saturated carbocycles. The summed E-state index contributed by atoms with van der Waals surface area (Å²) in [7, 11) is 1.39. The van der Waals surface area contributed by atoms with Gasteiger partial charge >= 0.3 is 18.4 Å². The van der Waals surface area contributed by atoms with Crippen LogP contribution in [0.5, 0.6) is 5.75 Å². The number of carbonyl (C=O) groups is 1. The lowest BCUT2D eigenvalue weighted by atomic mass is 9.93. The molecule has 41 heavy (non-hydrogen) atoms. The Hall–Kier alpha value is -3.28. The topological polar surface area (TPSA) is 38.8 Å². The maximum Gasteiger partial charge on any atom is 0.416 e. The maximum absolute atomic E-state index is 14.7. The van der Waals surface area contributed by atoms with Gasteiger partial charge in [-0.25, -0.2) is 9.18 Å². The molecule has 0 aromatic heterocycles. The highest BCUT2D eigenvalue weighted by atomic mass is 79.9. The Morgan fingerprint density at radius 3 is 2.10 bits per heavy atom. The third kappa shape index (κ3) is 6.32. The first-order chi connectivity index (χ1) is 19.0. The molecule has 4 rings (SSSR count). The first-order valence-electron chi connectivity index (χ1n) is 12.4. The number of rotatable bonds is 6. The minimum Gasteiger partial charge on any atom is -0.496 e. The lowest BCUT2D eigenvalue weighted by Gasteiger charge is -2.24. The Bertz CT molecular complexity index is 1440. The average Bonchev–Trinajstić information content (AvgIpc) is 3.15. The van der Waals surface area contributed by atoms with Crippen molar-refractivity contribution in [1.82, 2.24) is 4.90 Å². The van der Waals surface area contributed by atoms with Crippen LogP contribution in [-0.2, 0) is 23.6 Å². The predicted molar refractivity (Wildman–Crippen MR) is 141 cm³/mol. The van der Waals surface area contributed by atoms with Gasteiger partial charge in [0.2, 0.25) is 0 Å². The van der Waals surface area contributed by atoms with Crippen LogP contribution >= 0.6 is 15.9 Å². The maximum atomic E-state index is 14.7. The summed E-state index contributed by atoms with van der Waals surface area (Å²) in [6.45, 7) is 5.04. The Labute approximate surface area is 240 Å². The van der Waals surface area contributed by atoms with Gasteiger partial charge in [0.05, 0.1) is 30.8 Å². The molecular weight excluding hydrogens is 623 g/mol. The third-order valence-corrected chi connectivity index (χ3v) is 7.46. The standard InChI is InChI=1S/C29H25BrF7NO3/c1-14(2)22-11-23(25(40-4)12-24(22)31)21-6-5-20(30)9-17(21)13-38-15(3)26(41-27(38)39)16-7-18(28(32,33)34)10-19(8-16)29(35,36)37/h5-12,14-15,26H,13H2,1-4H3/t15-,26+/m1/s1. The molecule has 2 atom stereocenters. The van der Waals surface area contributed by atoms with E-state index in [1.54, 1.807) is 24.3 Å². The molecule has 0 spiro atoms. The second-order valence-electron chi connectivity index (χ2n) is 10.0. The van der Waals surface area contributed by atoms with Gasteiger partial charge in [-0.2, -0.15) is 26.3 Å². The van der Waals surface area contributed by atoms with E-state index in [1.165, 1.54) is 25.0 Å². The molecule has 0 unspecified atom stereocenters. The molecule has 220 valence electrons. The fourth-order valence-corrected chi connectivity index (χ4v) is 5.24. The summed E-state index contributed by atoms with van der Waals surface area (Å²) >= 11 is 3.40. The van der Waals surface area contributed by atoms with Gasteiger partial charge in [0.15, 0.2) is 0 Å². The van der Waals surface area contributed by atoms with Gasteiger partial charge in [-0.3, -0.25) is 4.90 Å². The molecule has 0 N–H and O–H groups in total. The van der Waals surface area contributed by atoms with Crippen molar-refractivity contribution >= 4 is 22.0 Å². The molecule has 3 aromatic rings. The highest BCUT2D eigenvalue weighted by Crippen LogP contribution is 2.43. The van der Waals surface area contributed by atoms with Crippen molar-refractivity contribution in [1.29, 1.82) is 0 Å².